The number of rotatable bonds is 3. The minimum Gasteiger partial charge on any atom is -0.455 e. The first-order chi connectivity index (χ1) is 28.6. The fourth-order valence-corrected chi connectivity index (χ4v) is 10.6. The maximum absolute atomic E-state index is 6.86. The van der Waals surface area contributed by atoms with E-state index >= 15 is 0 Å². The Hall–Kier alpha value is -6.18. The molecule has 0 radical (unpaired) electrons. The Morgan fingerprint density at radius 1 is 0.305 bits per heavy atom. The summed E-state index contributed by atoms with van der Waals surface area (Å²) in [6.07, 6.45) is 0. The molecule has 0 aliphatic rings. The molecular weight excluding hydrogens is 703 g/mol. The van der Waals surface area contributed by atoms with Crippen LogP contribution in [0.5, 0.6) is 0 Å². The maximum atomic E-state index is 6.86. The molecule has 0 atom stereocenters. The third kappa shape index (κ3) is 5.04. The van der Waals surface area contributed by atoms with Crippen LogP contribution in [0.3, 0.4) is 0 Å². The standard InChI is InChI=1S/C50H38B8O/c51-42-38-36(31-21-20-27(29-12-5-6-13-30(29)31)26-17-16-23-8-1-2-10-25(23)22-26)39-41(45(54)49(58)47(56)43(39)52)37(40(38)44(53)48(57)46(42)55)32-14-7-15-34-35(32)33-19-18-24-9-3-4-11-28(24)50(33)59-34/h1-22H,51-58H2. The van der Waals surface area contributed by atoms with Crippen molar-refractivity contribution in [2.24, 2.45) is 0 Å². The van der Waals surface area contributed by atoms with Crippen molar-refractivity contribution in [1.29, 1.82) is 0 Å². The van der Waals surface area contributed by atoms with Gasteiger partial charge in [0.1, 0.15) is 73.9 Å². The maximum Gasteiger partial charge on any atom is 0.143 e. The lowest BCUT2D eigenvalue weighted by molar-refractivity contribution is 0.673. The van der Waals surface area contributed by atoms with Crippen LogP contribution in [0.15, 0.2) is 138 Å². The second-order valence-electron chi connectivity index (χ2n) is 17.0. The summed E-state index contributed by atoms with van der Waals surface area (Å²) >= 11 is 0. The van der Waals surface area contributed by atoms with Gasteiger partial charge in [0, 0.05) is 16.2 Å². The first-order valence-corrected chi connectivity index (χ1v) is 20.9. The zero-order valence-corrected chi connectivity index (χ0v) is 35.1. The number of benzene rings is 10. The SMILES string of the molecule is Bc1c(B)c(B)c2c(-c3cccc4oc5c6ccccc6ccc5c34)c3c(B)c(B)c(B)c(B)c3c(-c3ccc(-c4ccc5ccccc5c4)c4ccccc34)c2c1B. The van der Waals surface area contributed by atoms with Crippen molar-refractivity contribution in [2.75, 3.05) is 0 Å². The summed E-state index contributed by atoms with van der Waals surface area (Å²) in [5.41, 5.74) is 20.3. The molecule has 11 aromatic rings. The van der Waals surface area contributed by atoms with Crippen LogP contribution in [0.1, 0.15) is 0 Å². The van der Waals surface area contributed by atoms with Crippen molar-refractivity contribution >= 4 is 182 Å². The van der Waals surface area contributed by atoms with E-state index in [1.807, 2.05) is 0 Å². The minimum atomic E-state index is 0.922. The van der Waals surface area contributed by atoms with Crippen molar-refractivity contribution in [3.05, 3.63) is 133 Å². The van der Waals surface area contributed by atoms with Gasteiger partial charge in [-0.25, -0.2) is 0 Å². The molecule has 0 saturated carbocycles. The first kappa shape index (κ1) is 35.9. The predicted octanol–water partition coefficient (Wildman–Crippen LogP) is 0.420. The Labute approximate surface area is 351 Å². The Morgan fingerprint density at radius 2 is 0.797 bits per heavy atom. The largest absolute Gasteiger partial charge is 0.455 e. The third-order valence-corrected chi connectivity index (χ3v) is 14.3. The molecule has 1 nitrogen and oxygen atoms in total. The van der Waals surface area contributed by atoms with Crippen molar-refractivity contribution in [1.82, 2.24) is 0 Å². The fraction of sp³-hybridized carbons (Fsp3) is 0. The van der Waals surface area contributed by atoms with Crippen LogP contribution in [-0.4, -0.2) is 62.8 Å². The summed E-state index contributed by atoms with van der Waals surface area (Å²) in [5, 5.41) is 15.1. The quantitative estimate of drug-likeness (QED) is 0.189. The monoisotopic (exact) mass is 742 g/mol. The van der Waals surface area contributed by atoms with Gasteiger partial charge in [0.15, 0.2) is 0 Å². The van der Waals surface area contributed by atoms with Gasteiger partial charge in [0.05, 0.1) is 0 Å². The van der Waals surface area contributed by atoms with Crippen LogP contribution in [0.4, 0.5) is 0 Å². The molecule has 11 rings (SSSR count). The molecular formula is C50H38B8O. The molecule has 1 aromatic heterocycles. The van der Waals surface area contributed by atoms with E-state index in [2.05, 4.69) is 196 Å². The second-order valence-corrected chi connectivity index (χ2v) is 17.0. The average Bonchev–Trinajstić information content (AvgIpc) is 3.67. The fourth-order valence-electron chi connectivity index (χ4n) is 10.6. The highest BCUT2D eigenvalue weighted by Gasteiger charge is 2.28. The third-order valence-electron chi connectivity index (χ3n) is 14.3. The van der Waals surface area contributed by atoms with Gasteiger partial charge in [-0.3, -0.25) is 0 Å². The van der Waals surface area contributed by atoms with E-state index in [1.54, 1.807) is 0 Å². The summed E-state index contributed by atoms with van der Waals surface area (Å²) < 4.78 is 6.86. The average molecular weight is 741 g/mol. The van der Waals surface area contributed by atoms with Gasteiger partial charge in [-0.05, 0) is 100 Å². The van der Waals surface area contributed by atoms with Crippen LogP contribution in [0, 0.1) is 0 Å². The molecule has 0 aliphatic carbocycles. The summed E-state index contributed by atoms with van der Waals surface area (Å²) in [6.45, 7) is 0. The number of furan rings is 1. The summed E-state index contributed by atoms with van der Waals surface area (Å²) in [7, 11) is 18.7. The van der Waals surface area contributed by atoms with Crippen LogP contribution in [0.2, 0.25) is 0 Å². The lowest BCUT2D eigenvalue weighted by Crippen LogP contribution is -2.50. The molecule has 0 saturated heterocycles. The Balaban J connectivity index is 1.34. The van der Waals surface area contributed by atoms with Crippen LogP contribution in [0.25, 0.3) is 109 Å². The van der Waals surface area contributed by atoms with Crippen LogP contribution >= 0.6 is 0 Å². The van der Waals surface area contributed by atoms with E-state index in [0.717, 1.165) is 21.9 Å². The van der Waals surface area contributed by atoms with E-state index in [1.165, 1.54) is 131 Å². The van der Waals surface area contributed by atoms with Crippen molar-refractivity contribution in [2.45, 2.75) is 0 Å². The number of fused-ring (bicyclic) bond motifs is 9. The molecule has 59 heavy (non-hydrogen) atoms. The Kier molecular flexibility index (Phi) is 8.02. The van der Waals surface area contributed by atoms with Crippen LogP contribution < -0.4 is 43.7 Å². The molecule has 0 fully saturated rings. The minimum absolute atomic E-state index is 0.922. The van der Waals surface area contributed by atoms with Crippen molar-refractivity contribution in [3.8, 4) is 33.4 Å². The Bertz CT molecular complexity index is 3580. The predicted molar refractivity (Wildman–Crippen MR) is 283 cm³/mol. The van der Waals surface area contributed by atoms with Crippen molar-refractivity contribution < 1.29 is 4.42 Å². The highest BCUT2D eigenvalue weighted by atomic mass is 16.3. The first-order valence-electron chi connectivity index (χ1n) is 20.9. The molecule has 0 N–H and O–H groups in total. The zero-order valence-electron chi connectivity index (χ0n) is 35.1. The highest BCUT2D eigenvalue weighted by Crippen LogP contribution is 2.47. The normalized spacial score (nSPS) is 11.9. The van der Waals surface area contributed by atoms with E-state index in [-0.39, 0.29) is 0 Å². The highest BCUT2D eigenvalue weighted by molar-refractivity contribution is 6.71. The van der Waals surface area contributed by atoms with Crippen LogP contribution in [-0.2, 0) is 0 Å². The van der Waals surface area contributed by atoms with Gasteiger partial charge in [-0.2, -0.15) is 0 Å². The van der Waals surface area contributed by atoms with E-state index in [9.17, 15) is 0 Å². The molecule has 10 aromatic carbocycles. The van der Waals surface area contributed by atoms with Gasteiger partial charge in [-0.1, -0.05) is 137 Å². The second kappa shape index (κ2) is 13.2. The van der Waals surface area contributed by atoms with Gasteiger partial charge in [0.2, 0.25) is 0 Å². The van der Waals surface area contributed by atoms with Gasteiger partial charge in [0.25, 0.3) is 0 Å². The van der Waals surface area contributed by atoms with Gasteiger partial charge in [-0.15, -0.1) is 21.9 Å². The molecule has 0 spiro atoms. The summed E-state index contributed by atoms with van der Waals surface area (Å²) in [6, 6.07) is 49.2. The molecule has 0 amide bonds. The molecule has 268 valence electrons. The Morgan fingerprint density at radius 3 is 1.42 bits per heavy atom. The lowest BCUT2D eigenvalue weighted by Gasteiger charge is -2.29. The topological polar surface area (TPSA) is 13.1 Å². The number of hydrogen-bond donors (Lipinski definition) is 0. The van der Waals surface area contributed by atoms with E-state index in [4.69, 9.17) is 4.42 Å². The van der Waals surface area contributed by atoms with Gasteiger partial charge < -0.3 is 4.42 Å². The molecule has 1 heterocycles. The van der Waals surface area contributed by atoms with E-state index < -0.39 is 0 Å². The molecule has 0 unspecified atom stereocenters. The summed E-state index contributed by atoms with van der Waals surface area (Å²) in [4.78, 5) is 0. The molecule has 9 heteroatoms. The molecule has 0 aliphatic heterocycles. The summed E-state index contributed by atoms with van der Waals surface area (Å²) in [5.74, 6) is 0. The van der Waals surface area contributed by atoms with Gasteiger partial charge >= 0.3 is 0 Å². The zero-order chi connectivity index (χ0) is 40.4. The number of hydrogen-bond acceptors (Lipinski definition) is 1. The molecule has 0 bridgehead atoms. The smallest absolute Gasteiger partial charge is 0.143 e. The lowest BCUT2D eigenvalue weighted by atomic mass is 9.59. The van der Waals surface area contributed by atoms with Crippen molar-refractivity contribution in [3.63, 3.8) is 0 Å². The van der Waals surface area contributed by atoms with E-state index in [0.29, 0.717) is 0 Å².